The van der Waals surface area contributed by atoms with Gasteiger partial charge in [-0.1, -0.05) is 11.6 Å². The molecule has 6 heteroatoms. The maximum atomic E-state index is 5.91. The van der Waals surface area contributed by atoms with Crippen LogP contribution >= 0.6 is 23.2 Å². The molecule has 1 aliphatic rings. The van der Waals surface area contributed by atoms with Gasteiger partial charge in [0.1, 0.15) is 10.8 Å². The molecule has 1 aromatic rings. The van der Waals surface area contributed by atoms with Crippen LogP contribution in [0, 0.1) is 5.92 Å². The Hall–Kier alpha value is -0.580. The summed E-state index contributed by atoms with van der Waals surface area (Å²) in [5.41, 5.74) is 0. The molecule has 1 aromatic heterocycles. The lowest BCUT2D eigenvalue weighted by Crippen LogP contribution is -2.08. The molecule has 1 aliphatic carbocycles. The third kappa shape index (κ3) is 4.66. The zero-order chi connectivity index (χ0) is 12.1. The average molecular weight is 276 g/mol. The van der Waals surface area contributed by atoms with Gasteiger partial charge >= 0.3 is 0 Å². The molecule has 0 unspecified atom stereocenters. The van der Waals surface area contributed by atoms with E-state index in [0.717, 1.165) is 32.1 Å². The fourth-order valence-corrected chi connectivity index (χ4v) is 1.68. The van der Waals surface area contributed by atoms with Gasteiger partial charge in [0.15, 0.2) is 0 Å². The lowest BCUT2D eigenvalue weighted by Gasteiger charge is -2.07. The molecule has 0 amide bonds. The van der Waals surface area contributed by atoms with Crippen LogP contribution in [0.15, 0.2) is 6.20 Å². The van der Waals surface area contributed by atoms with Crippen molar-refractivity contribution in [1.29, 1.82) is 0 Å². The van der Waals surface area contributed by atoms with Crippen molar-refractivity contribution < 1.29 is 4.74 Å². The Balaban J connectivity index is 1.61. The highest BCUT2D eigenvalue weighted by atomic mass is 35.5. The van der Waals surface area contributed by atoms with E-state index in [1.807, 2.05) is 0 Å². The summed E-state index contributed by atoms with van der Waals surface area (Å²) in [4.78, 5) is 7.78. The van der Waals surface area contributed by atoms with E-state index < -0.39 is 0 Å². The smallest absolute Gasteiger partial charge is 0.224 e. The highest BCUT2D eigenvalue weighted by molar-refractivity contribution is 6.33. The maximum absolute atomic E-state index is 5.91. The first kappa shape index (κ1) is 12.9. The van der Waals surface area contributed by atoms with Gasteiger partial charge in [-0.15, -0.1) is 0 Å². The van der Waals surface area contributed by atoms with E-state index in [0.29, 0.717) is 10.8 Å². The molecule has 1 heterocycles. The van der Waals surface area contributed by atoms with Gasteiger partial charge in [0.2, 0.25) is 5.28 Å². The largest absolute Gasteiger partial charge is 0.381 e. The van der Waals surface area contributed by atoms with Crippen molar-refractivity contribution in [1.82, 2.24) is 9.97 Å². The molecule has 0 atom stereocenters. The molecule has 0 saturated heterocycles. The van der Waals surface area contributed by atoms with Crippen molar-refractivity contribution in [2.45, 2.75) is 19.3 Å². The van der Waals surface area contributed by atoms with Crippen LogP contribution in [0.2, 0.25) is 10.3 Å². The van der Waals surface area contributed by atoms with Crippen molar-refractivity contribution in [2.24, 2.45) is 5.92 Å². The molecule has 1 N–H and O–H groups in total. The van der Waals surface area contributed by atoms with Crippen LogP contribution in [-0.2, 0) is 4.74 Å². The number of halogens is 2. The second-order valence-electron chi connectivity index (χ2n) is 4.13. The summed E-state index contributed by atoms with van der Waals surface area (Å²) in [5, 5.41) is 3.79. The second kappa shape index (κ2) is 6.38. The van der Waals surface area contributed by atoms with Crippen LogP contribution in [0.1, 0.15) is 19.3 Å². The topological polar surface area (TPSA) is 47.0 Å². The van der Waals surface area contributed by atoms with E-state index >= 15 is 0 Å². The minimum atomic E-state index is 0.196. The summed E-state index contributed by atoms with van der Waals surface area (Å²) in [6, 6.07) is 0. The van der Waals surface area contributed by atoms with Gasteiger partial charge < -0.3 is 10.1 Å². The van der Waals surface area contributed by atoms with Crippen LogP contribution in [0.5, 0.6) is 0 Å². The monoisotopic (exact) mass is 275 g/mol. The summed E-state index contributed by atoms with van der Waals surface area (Å²) in [7, 11) is 0. The number of aromatic nitrogens is 2. The van der Waals surface area contributed by atoms with Crippen LogP contribution in [0.3, 0.4) is 0 Å². The van der Waals surface area contributed by atoms with Gasteiger partial charge in [0.25, 0.3) is 0 Å². The van der Waals surface area contributed by atoms with E-state index in [2.05, 4.69) is 15.3 Å². The number of hydrogen-bond acceptors (Lipinski definition) is 4. The van der Waals surface area contributed by atoms with E-state index in [9.17, 15) is 0 Å². The number of nitrogens with zero attached hydrogens (tertiary/aromatic N) is 2. The highest BCUT2D eigenvalue weighted by Crippen LogP contribution is 2.28. The molecule has 0 aliphatic heterocycles. The van der Waals surface area contributed by atoms with Crippen LogP contribution in [-0.4, -0.2) is 29.7 Å². The number of ether oxygens (including phenoxy) is 1. The molecule has 0 spiro atoms. The van der Waals surface area contributed by atoms with Crippen molar-refractivity contribution >= 4 is 29.0 Å². The molecule has 94 valence electrons. The van der Waals surface area contributed by atoms with Gasteiger partial charge in [-0.3, -0.25) is 0 Å². The van der Waals surface area contributed by atoms with Gasteiger partial charge in [0, 0.05) is 19.8 Å². The molecule has 1 fully saturated rings. The standard InChI is InChI=1S/C11H15Cl2N3O/c12-9-6-15-11(13)16-10(9)14-4-1-5-17-7-8-2-3-8/h6,8H,1-5,7H2,(H,14,15,16). The Morgan fingerprint density at radius 3 is 3.00 bits per heavy atom. The second-order valence-corrected chi connectivity index (χ2v) is 4.88. The first-order valence-electron chi connectivity index (χ1n) is 5.75. The van der Waals surface area contributed by atoms with Gasteiger partial charge in [0.05, 0.1) is 6.20 Å². The first-order valence-corrected chi connectivity index (χ1v) is 6.51. The quantitative estimate of drug-likeness (QED) is 0.614. The van der Waals surface area contributed by atoms with Crippen molar-refractivity contribution in [2.75, 3.05) is 25.1 Å². The zero-order valence-corrected chi connectivity index (χ0v) is 11.0. The van der Waals surface area contributed by atoms with E-state index in [1.165, 1.54) is 19.0 Å². The minimum absolute atomic E-state index is 0.196. The predicted octanol–water partition coefficient (Wildman–Crippen LogP) is 3.01. The molecule has 1 saturated carbocycles. The molecule has 0 bridgehead atoms. The molecule has 2 rings (SSSR count). The van der Waals surface area contributed by atoms with Crippen LogP contribution in [0.25, 0.3) is 0 Å². The first-order chi connectivity index (χ1) is 8.25. The third-order valence-electron chi connectivity index (χ3n) is 2.52. The third-order valence-corrected chi connectivity index (χ3v) is 2.98. The Morgan fingerprint density at radius 1 is 1.41 bits per heavy atom. The number of hydrogen-bond donors (Lipinski definition) is 1. The van der Waals surface area contributed by atoms with Crippen molar-refractivity contribution in [3.05, 3.63) is 16.5 Å². The maximum Gasteiger partial charge on any atom is 0.224 e. The van der Waals surface area contributed by atoms with Gasteiger partial charge in [-0.05, 0) is 36.8 Å². The molecular weight excluding hydrogens is 261 g/mol. The number of anilines is 1. The fraction of sp³-hybridized carbons (Fsp3) is 0.636. The van der Waals surface area contributed by atoms with Crippen molar-refractivity contribution in [3.63, 3.8) is 0 Å². The van der Waals surface area contributed by atoms with Gasteiger partial charge in [-0.25, -0.2) is 4.98 Å². The zero-order valence-electron chi connectivity index (χ0n) is 9.46. The molecular formula is C11H15Cl2N3O. The van der Waals surface area contributed by atoms with Crippen LogP contribution in [0.4, 0.5) is 5.82 Å². The summed E-state index contributed by atoms with van der Waals surface area (Å²) in [6.45, 7) is 2.43. The Labute approximate surface area is 111 Å². The predicted molar refractivity (Wildman–Crippen MR) is 68.7 cm³/mol. The number of nitrogens with one attached hydrogen (secondary N) is 1. The summed E-state index contributed by atoms with van der Waals surface area (Å²) in [5.74, 6) is 1.40. The Morgan fingerprint density at radius 2 is 2.24 bits per heavy atom. The van der Waals surface area contributed by atoms with E-state index in [1.54, 1.807) is 0 Å². The molecule has 0 aromatic carbocycles. The molecule has 4 nitrogen and oxygen atoms in total. The van der Waals surface area contributed by atoms with E-state index in [4.69, 9.17) is 27.9 Å². The van der Waals surface area contributed by atoms with Crippen LogP contribution < -0.4 is 5.32 Å². The lowest BCUT2D eigenvalue weighted by molar-refractivity contribution is 0.124. The normalized spacial score (nSPS) is 14.9. The highest BCUT2D eigenvalue weighted by Gasteiger charge is 2.20. The Kier molecular flexibility index (Phi) is 4.83. The Bertz CT molecular complexity index is 372. The van der Waals surface area contributed by atoms with Crippen molar-refractivity contribution in [3.8, 4) is 0 Å². The average Bonchev–Trinajstić information content (AvgIpc) is 3.11. The summed E-state index contributed by atoms with van der Waals surface area (Å²) >= 11 is 11.6. The lowest BCUT2D eigenvalue weighted by atomic mass is 10.4. The summed E-state index contributed by atoms with van der Waals surface area (Å²) in [6.07, 6.45) is 5.06. The molecule has 0 radical (unpaired) electrons. The number of rotatable bonds is 7. The SMILES string of the molecule is Clc1ncc(Cl)c(NCCCOCC2CC2)n1. The molecule has 17 heavy (non-hydrogen) atoms. The fourth-order valence-electron chi connectivity index (χ4n) is 1.39. The van der Waals surface area contributed by atoms with Gasteiger partial charge in [-0.2, -0.15) is 4.98 Å². The summed E-state index contributed by atoms with van der Waals surface area (Å²) < 4.78 is 5.52. The minimum Gasteiger partial charge on any atom is -0.381 e. The van der Waals surface area contributed by atoms with E-state index in [-0.39, 0.29) is 5.28 Å².